The molecule has 9 nitrogen and oxygen atoms in total. The van der Waals surface area contributed by atoms with Crippen LogP contribution in [0.4, 0.5) is 9.59 Å². The standard InChI is InChI=1S/C2H2O9S/c3-1(4)9-11-12(7,8)10-2(5)6/h(H,3,4)(H,5,6). The maximum atomic E-state index is 10.1. The van der Waals surface area contributed by atoms with E-state index in [-0.39, 0.29) is 0 Å². The van der Waals surface area contributed by atoms with Crippen molar-refractivity contribution < 1.29 is 41.6 Å². The third kappa shape index (κ3) is 5.25. The average molecular weight is 202 g/mol. The normalized spacial score (nSPS) is 10.3. The van der Waals surface area contributed by atoms with E-state index in [0.717, 1.165) is 0 Å². The van der Waals surface area contributed by atoms with Crippen molar-refractivity contribution in [2.24, 2.45) is 0 Å². The van der Waals surface area contributed by atoms with Gasteiger partial charge in [-0.05, 0) is 4.33 Å². The van der Waals surface area contributed by atoms with Gasteiger partial charge in [-0.1, -0.05) is 0 Å². The molecule has 0 rings (SSSR count). The van der Waals surface area contributed by atoms with E-state index in [4.69, 9.17) is 10.2 Å². The molecule has 0 heterocycles. The minimum Gasteiger partial charge on any atom is -0.449 e. The number of hydrogen-bond acceptors (Lipinski definition) is 7. The molecule has 0 radical (unpaired) electrons. The minimum absolute atomic E-state index is 2.06. The Bertz CT molecular complexity index is 273. The van der Waals surface area contributed by atoms with Gasteiger partial charge in [0.1, 0.15) is 0 Å². The molecule has 0 fully saturated rings. The first-order valence-electron chi connectivity index (χ1n) is 2.10. The number of carbonyl (C=O) groups is 2. The van der Waals surface area contributed by atoms with Gasteiger partial charge < -0.3 is 10.2 Å². The Labute approximate surface area is 65.3 Å². The summed E-state index contributed by atoms with van der Waals surface area (Å²) in [6.07, 6.45) is -4.24. The molecular formula is C2H2O9S. The maximum absolute atomic E-state index is 10.1. The van der Waals surface area contributed by atoms with E-state index < -0.39 is 22.7 Å². The Hall–Kier alpha value is -1.55. The highest BCUT2D eigenvalue weighted by Gasteiger charge is 2.20. The van der Waals surface area contributed by atoms with Gasteiger partial charge in [-0.25, -0.2) is 14.5 Å². The molecular weight excluding hydrogens is 200 g/mol. The van der Waals surface area contributed by atoms with Gasteiger partial charge in [-0.3, -0.25) is 4.18 Å². The third-order valence-electron chi connectivity index (χ3n) is 0.362. The fourth-order valence-electron chi connectivity index (χ4n) is 0.172. The van der Waals surface area contributed by atoms with E-state index in [1.165, 1.54) is 0 Å². The zero-order valence-corrected chi connectivity index (χ0v) is 5.98. The monoisotopic (exact) mass is 202 g/mol. The van der Waals surface area contributed by atoms with E-state index in [0.29, 0.717) is 0 Å². The highest BCUT2D eigenvalue weighted by Crippen LogP contribution is 1.97. The van der Waals surface area contributed by atoms with Gasteiger partial charge in [0.05, 0.1) is 0 Å². The summed E-state index contributed by atoms with van der Waals surface area (Å²) >= 11 is 0. The van der Waals surface area contributed by atoms with Crippen LogP contribution in [-0.4, -0.2) is 30.9 Å². The molecule has 0 aliphatic carbocycles. The van der Waals surface area contributed by atoms with E-state index >= 15 is 0 Å². The van der Waals surface area contributed by atoms with Gasteiger partial charge in [0.15, 0.2) is 0 Å². The molecule has 70 valence electrons. The Morgan fingerprint density at radius 3 is 1.92 bits per heavy atom. The van der Waals surface area contributed by atoms with Crippen LogP contribution in [0.2, 0.25) is 0 Å². The summed E-state index contributed by atoms with van der Waals surface area (Å²) in [6, 6.07) is 0. The first kappa shape index (κ1) is 10.4. The Balaban J connectivity index is 4.06. The number of rotatable bonds is 3. The molecule has 2 N–H and O–H groups in total. The third-order valence-corrected chi connectivity index (χ3v) is 0.943. The topological polar surface area (TPSA) is 136 Å². The second kappa shape index (κ2) is 3.73. The van der Waals surface area contributed by atoms with Gasteiger partial charge in [0, 0.05) is 0 Å². The van der Waals surface area contributed by atoms with Gasteiger partial charge in [-0.2, -0.15) is 8.42 Å². The van der Waals surface area contributed by atoms with E-state index in [1.807, 2.05) is 0 Å². The molecule has 0 saturated carbocycles. The molecule has 0 aromatic carbocycles. The van der Waals surface area contributed by atoms with Crippen LogP contribution in [0, 0.1) is 0 Å². The molecule has 0 unspecified atom stereocenters. The van der Waals surface area contributed by atoms with Gasteiger partial charge in [0.2, 0.25) is 0 Å². The largest absolute Gasteiger partial charge is 0.539 e. The van der Waals surface area contributed by atoms with Gasteiger partial charge >= 0.3 is 22.7 Å². The maximum Gasteiger partial charge on any atom is 0.539 e. The molecule has 10 heteroatoms. The lowest BCUT2D eigenvalue weighted by molar-refractivity contribution is -0.163. The lowest BCUT2D eigenvalue weighted by Crippen LogP contribution is -2.16. The highest BCUT2D eigenvalue weighted by molar-refractivity contribution is 7.82. The number of carboxylic acid groups (broad SMARTS) is 2. The molecule has 0 aliphatic heterocycles. The second-order valence-electron chi connectivity index (χ2n) is 1.17. The lowest BCUT2D eigenvalue weighted by atomic mass is 11.5. The summed E-state index contributed by atoms with van der Waals surface area (Å²) in [5, 5.41) is 15.4. The number of hydrogen-bond donors (Lipinski definition) is 2. The van der Waals surface area contributed by atoms with Crippen molar-refractivity contribution in [1.29, 1.82) is 0 Å². The van der Waals surface area contributed by atoms with Crippen molar-refractivity contribution in [3.63, 3.8) is 0 Å². The molecule has 0 aromatic heterocycles. The van der Waals surface area contributed by atoms with Crippen LogP contribution < -0.4 is 0 Å². The molecule has 0 atom stereocenters. The summed E-state index contributed by atoms with van der Waals surface area (Å²) in [4.78, 5) is 22.1. The Morgan fingerprint density at radius 1 is 1.08 bits per heavy atom. The molecule has 12 heavy (non-hydrogen) atoms. The quantitative estimate of drug-likeness (QED) is 0.460. The van der Waals surface area contributed by atoms with Crippen molar-refractivity contribution in [2.75, 3.05) is 0 Å². The fraction of sp³-hybridized carbons (Fsp3) is 0. The smallest absolute Gasteiger partial charge is 0.449 e. The molecule has 0 aliphatic rings. The van der Waals surface area contributed by atoms with Crippen molar-refractivity contribution in [1.82, 2.24) is 0 Å². The van der Waals surface area contributed by atoms with Crippen molar-refractivity contribution in [2.45, 2.75) is 0 Å². The van der Waals surface area contributed by atoms with E-state index in [1.54, 1.807) is 0 Å². The van der Waals surface area contributed by atoms with Crippen LogP contribution in [0.3, 0.4) is 0 Å². The minimum atomic E-state index is -4.98. The van der Waals surface area contributed by atoms with E-state index in [9.17, 15) is 18.0 Å². The average Bonchev–Trinajstić information content (AvgIpc) is 1.81. The Morgan fingerprint density at radius 2 is 1.58 bits per heavy atom. The highest BCUT2D eigenvalue weighted by atomic mass is 32.3. The molecule has 0 aromatic rings. The Kier molecular flexibility index (Phi) is 3.25. The predicted octanol–water partition coefficient (Wildman–Crippen LogP) is -0.448. The fourth-order valence-corrected chi connectivity index (χ4v) is 0.516. The summed E-state index contributed by atoms with van der Waals surface area (Å²) in [6.45, 7) is 0. The summed E-state index contributed by atoms with van der Waals surface area (Å²) < 4.78 is 26.4. The van der Waals surface area contributed by atoms with Crippen LogP contribution in [0.25, 0.3) is 0 Å². The summed E-state index contributed by atoms with van der Waals surface area (Å²) in [5.41, 5.74) is 0. The van der Waals surface area contributed by atoms with Crippen molar-refractivity contribution >= 4 is 22.7 Å². The predicted molar refractivity (Wildman–Crippen MR) is 28.2 cm³/mol. The van der Waals surface area contributed by atoms with Crippen LogP contribution in [0.5, 0.6) is 0 Å². The summed E-state index contributed by atoms with van der Waals surface area (Å²) in [7, 11) is -4.98. The van der Waals surface area contributed by atoms with Crippen LogP contribution >= 0.6 is 0 Å². The lowest BCUT2D eigenvalue weighted by Gasteiger charge is -1.97. The molecule has 0 bridgehead atoms. The van der Waals surface area contributed by atoms with Crippen LogP contribution in [-0.2, 0) is 23.8 Å². The molecule has 0 saturated heterocycles. The first-order valence-corrected chi connectivity index (χ1v) is 3.43. The van der Waals surface area contributed by atoms with Gasteiger partial charge in [-0.15, -0.1) is 0 Å². The van der Waals surface area contributed by atoms with Crippen molar-refractivity contribution in [3.8, 4) is 0 Å². The second-order valence-corrected chi connectivity index (χ2v) is 2.29. The zero-order valence-electron chi connectivity index (χ0n) is 5.16. The van der Waals surface area contributed by atoms with E-state index in [2.05, 4.69) is 13.4 Å². The molecule has 0 spiro atoms. The van der Waals surface area contributed by atoms with Crippen LogP contribution in [0.1, 0.15) is 0 Å². The first-order chi connectivity index (χ1) is 5.33. The van der Waals surface area contributed by atoms with Crippen LogP contribution in [0.15, 0.2) is 0 Å². The van der Waals surface area contributed by atoms with Crippen molar-refractivity contribution in [3.05, 3.63) is 0 Å². The zero-order chi connectivity index (χ0) is 9.78. The SMILES string of the molecule is O=C(O)OOS(=O)(=O)OC(=O)O. The summed E-state index contributed by atoms with van der Waals surface area (Å²) in [5.74, 6) is 0. The molecule has 0 amide bonds. The van der Waals surface area contributed by atoms with Gasteiger partial charge in [0.25, 0.3) is 0 Å².